The Morgan fingerprint density at radius 2 is 1.95 bits per heavy atom. The topological polar surface area (TPSA) is 84.9 Å². The van der Waals surface area contributed by atoms with Gasteiger partial charge in [0, 0.05) is 12.7 Å². The average molecular weight is 296 g/mol. The summed E-state index contributed by atoms with van der Waals surface area (Å²) >= 11 is 0. The number of nitrogens with two attached hydrogens (primary N) is 1. The Hall–Kier alpha value is -1.57. The average Bonchev–Trinajstić information content (AvgIpc) is 2.25. The first kappa shape index (κ1) is 18.4. The summed E-state index contributed by atoms with van der Waals surface area (Å²) in [6, 6.07) is 0. The number of hydrogen-bond donors (Lipinski definition) is 2. The lowest BCUT2D eigenvalue weighted by Crippen LogP contribution is -2.31. The van der Waals surface area contributed by atoms with E-state index in [9.17, 15) is 23.1 Å². The van der Waals surface area contributed by atoms with Crippen molar-refractivity contribution in [1.29, 1.82) is 0 Å². The van der Waals surface area contributed by atoms with Gasteiger partial charge in [0.25, 0.3) is 0 Å². The van der Waals surface area contributed by atoms with Crippen molar-refractivity contribution in [3.05, 3.63) is 11.8 Å². The van der Waals surface area contributed by atoms with Gasteiger partial charge >= 0.3 is 12.1 Å². The number of rotatable bonds is 6. The fourth-order valence-corrected chi connectivity index (χ4v) is 1.22. The lowest BCUT2D eigenvalue weighted by Gasteiger charge is -2.17. The monoisotopic (exact) mass is 296 g/mol. The van der Waals surface area contributed by atoms with E-state index in [0.29, 0.717) is 6.20 Å². The minimum atomic E-state index is -4.84. The highest BCUT2D eigenvalue weighted by atomic mass is 19.4. The molecule has 0 saturated carbocycles. The molecule has 0 aliphatic rings. The molecule has 0 unspecified atom stereocenters. The van der Waals surface area contributed by atoms with Gasteiger partial charge in [-0.1, -0.05) is 0 Å². The van der Waals surface area contributed by atoms with E-state index in [1.165, 1.54) is 20.8 Å². The predicted molar refractivity (Wildman–Crippen MR) is 68.2 cm³/mol. The highest BCUT2D eigenvalue weighted by Crippen LogP contribution is 2.23. The zero-order valence-corrected chi connectivity index (χ0v) is 11.6. The molecule has 0 aromatic heterocycles. The summed E-state index contributed by atoms with van der Waals surface area (Å²) < 4.78 is 43.1. The maximum Gasteiger partial charge on any atom is 0.433 e. The molecule has 0 spiro atoms. The van der Waals surface area contributed by atoms with Crippen LogP contribution in [-0.4, -0.2) is 41.7 Å². The summed E-state index contributed by atoms with van der Waals surface area (Å²) in [5, 5.41) is 9.44. The van der Waals surface area contributed by atoms with Crippen LogP contribution in [0.4, 0.5) is 13.2 Å². The highest BCUT2D eigenvalue weighted by Gasteiger charge is 2.40. The number of aliphatic imine (C=N–C) groups is 1. The summed E-state index contributed by atoms with van der Waals surface area (Å²) in [6.07, 6.45) is -4.31. The van der Waals surface area contributed by atoms with Gasteiger partial charge in [-0.15, -0.1) is 0 Å². The second-order valence-corrected chi connectivity index (χ2v) is 4.59. The number of alkyl halides is 3. The van der Waals surface area contributed by atoms with Gasteiger partial charge in [0.1, 0.15) is 5.57 Å². The van der Waals surface area contributed by atoms with Gasteiger partial charge in [0.05, 0.1) is 12.2 Å². The largest absolute Gasteiger partial charge is 0.462 e. The summed E-state index contributed by atoms with van der Waals surface area (Å²) in [7, 11) is 0. The summed E-state index contributed by atoms with van der Waals surface area (Å²) in [5.41, 5.74) is 1.67. The maximum atomic E-state index is 12.9. The first-order valence-electron chi connectivity index (χ1n) is 5.96. The van der Waals surface area contributed by atoms with Crippen molar-refractivity contribution < 1.29 is 27.8 Å². The Balaban J connectivity index is 5.25. The molecule has 0 atom stereocenters. The van der Waals surface area contributed by atoms with E-state index < -0.39 is 29.0 Å². The van der Waals surface area contributed by atoms with Crippen LogP contribution in [-0.2, 0) is 9.53 Å². The second kappa shape index (κ2) is 7.28. The maximum absolute atomic E-state index is 12.9. The first-order valence-corrected chi connectivity index (χ1v) is 5.96. The number of ether oxygens (including phenoxy) is 1. The summed E-state index contributed by atoms with van der Waals surface area (Å²) in [6.45, 7) is 3.98. The standard InChI is InChI=1S/C12H19F3N2O3/c1-4-20-10(18)8(7-16)9(12(13,14)15)17-6-5-11(2,3)19/h7,19H,4-6,16H2,1-3H3. The van der Waals surface area contributed by atoms with Gasteiger partial charge in [-0.2, -0.15) is 13.2 Å². The summed E-state index contributed by atoms with van der Waals surface area (Å²) in [5.74, 6) is -1.19. The molecule has 116 valence electrons. The quantitative estimate of drug-likeness (QED) is 0.442. The third kappa shape index (κ3) is 6.55. The van der Waals surface area contributed by atoms with Gasteiger partial charge in [0.2, 0.25) is 0 Å². The molecule has 0 amide bonds. The number of carbonyl (C=O) groups is 1. The van der Waals surface area contributed by atoms with E-state index in [4.69, 9.17) is 5.73 Å². The minimum absolute atomic E-state index is 0.00720. The lowest BCUT2D eigenvalue weighted by atomic mass is 10.1. The zero-order valence-electron chi connectivity index (χ0n) is 11.6. The highest BCUT2D eigenvalue weighted by molar-refractivity contribution is 6.21. The predicted octanol–water partition coefficient (Wildman–Crippen LogP) is 1.56. The van der Waals surface area contributed by atoms with Crippen molar-refractivity contribution in [2.75, 3.05) is 13.2 Å². The number of esters is 1. The van der Waals surface area contributed by atoms with Crippen LogP contribution in [0.1, 0.15) is 27.2 Å². The van der Waals surface area contributed by atoms with Gasteiger partial charge in [-0.3, -0.25) is 4.99 Å². The molecule has 0 rings (SSSR count). The molecule has 0 heterocycles. The van der Waals surface area contributed by atoms with Gasteiger partial charge in [-0.05, 0) is 27.2 Å². The van der Waals surface area contributed by atoms with Crippen LogP contribution in [0, 0.1) is 0 Å². The van der Waals surface area contributed by atoms with E-state index in [1.807, 2.05) is 0 Å². The molecule has 8 heteroatoms. The molecule has 0 radical (unpaired) electrons. The van der Waals surface area contributed by atoms with E-state index >= 15 is 0 Å². The molecule has 5 nitrogen and oxygen atoms in total. The number of hydrogen-bond acceptors (Lipinski definition) is 5. The molecule has 0 saturated heterocycles. The Kier molecular flexibility index (Phi) is 6.70. The van der Waals surface area contributed by atoms with Crippen molar-refractivity contribution in [3.63, 3.8) is 0 Å². The SMILES string of the molecule is CCOC(=O)C(=CN)C(=NCCC(C)(C)O)C(F)(F)F. The number of aliphatic hydroxyl groups is 1. The second-order valence-electron chi connectivity index (χ2n) is 4.59. The Morgan fingerprint density at radius 1 is 1.40 bits per heavy atom. The molecular weight excluding hydrogens is 277 g/mol. The molecule has 0 aromatic rings. The number of halogens is 3. The van der Waals surface area contributed by atoms with E-state index in [1.54, 1.807) is 0 Å². The van der Waals surface area contributed by atoms with Crippen molar-refractivity contribution in [2.45, 2.75) is 39.0 Å². The van der Waals surface area contributed by atoms with Crippen LogP contribution >= 0.6 is 0 Å². The molecule has 0 aliphatic heterocycles. The van der Waals surface area contributed by atoms with Crippen molar-refractivity contribution >= 4 is 11.7 Å². The van der Waals surface area contributed by atoms with E-state index in [-0.39, 0.29) is 19.6 Å². The van der Waals surface area contributed by atoms with Crippen molar-refractivity contribution in [3.8, 4) is 0 Å². The van der Waals surface area contributed by atoms with Crippen molar-refractivity contribution in [2.24, 2.45) is 10.7 Å². The molecule has 0 aromatic carbocycles. The van der Waals surface area contributed by atoms with Crippen LogP contribution in [0.2, 0.25) is 0 Å². The molecule has 20 heavy (non-hydrogen) atoms. The molecule has 0 fully saturated rings. The molecule has 0 bridgehead atoms. The van der Waals surface area contributed by atoms with Crippen LogP contribution in [0.15, 0.2) is 16.8 Å². The molecule has 3 N–H and O–H groups in total. The fourth-order valence-electron chi connectivity index (χ4n) is 1.22. The van der Waals surface area contributed by atoms with E-state index in [2.05, 4.69) is 9.73 Å². The summed E-state index contributed by atoms with van der Waals surface area (Å²) in [4.78, 5) is 14.8. The fraction of sp³-hybridized carbons (Fsp3) is 0.667. The molecular formula is C12H19F3N2O3. The van der Waals surface area contributed by atoms with Crippen LogP contribution < -0.4 is 5.73 Å². The Bertz CT molecular complexity index is 396. The van der Waals surface area contributed by atoms with E-state index in [0.717, 1.165) is 0 Å². The Morgan fingerprint density at radius 3 is 2.30 bits per heavy atom. The smallest absolute Gasteiger partial charge is 0.433 e. The third-order valence-electron chi connectivity index (χ3n) is 2.18. The van der Waals surface area contributed by atoms with Crippen LogP contribution in [0.5, 0.6) is 0 Å². The minimum Gasteiger partial charge on any atom is -0.462 e. The lowest BCUT2D eigenvalue weighted by molar-refractivity contribution is -0.138. The number of carbonyl (C=O) groups excluding carboxylic acids is 1. The Labute approximate surface area is 115 Å². The zero-order chi connectivity index (χ0) is 16.0. The van der Waals surface area contributed by atoms with Crippen LogP contribution in [0.25, 0.3) is 0 Å². The number of nitrogens with zero attached hydrogens (tertiary/aromatic N) is 1. The van der Waals surface area contributed by atoms with Crippen LogP contribution in [0.3, 0.4) is 0 Å². The molecule has 0 aliphatic carbocycles. The van der Waals surface area contributed by atoms with Gasteiger partial charge < -0.3 is 15.6 Å². The first-order chi connectivity index (χ1) is 9.03. The normalized spacial score (nSPS) is 14.3. The third-order valence-corrected chi connectivity index (χ3v) is 2.18. The van der Waals surface area contributed by atoms with Gasteiger partial charge in [-0.25, -0.2) is 4.79 Å². The van der Waals surface area contributed by atoms with Gasteiger partial charge in [0.15, 0.2) is 5.71 Å². The van der Waals surface area contributed by atoms with Crippen molar-refractivity contribution in [1.82, 2.24) is 0 Å².